The van der Waals surface area contributed by atoms with Gasteiger partial charge in [0, 0.05) is 25.2 Å². The number of carboxylic acids is 1. The van der Waals surface area contributed by atoms with Crippen LogP contribution in [-0.4, -0.2) is 59.2 Å². The molecule has 3 rings (SSSR count). The summed E-state index contributed by atoms with van der Waals surface area (Å²) in [5.74, 6) is -0.200. The second kappa shape index (κ2) is 7.67. The second-order valence-corrected chi connectivity index (χ2v) is 6.12. The van der Waals surface area contributed by atoms with Crippen molar-refractivity contribution in [2.75, 3.05) is 33.4 Å². The molecule has 1 saturated heterocycles. The standard InChI is InChI=1S/C18H23N3O4/c1-13-16(12-20-7-9-25-10-8-20)21(19-17(13)18(22)23)11-14-3-5-15(24-2)6-4-14/h3-6H,7-12H2,1-2H3,(H,22,23). The summed E-state index contributed by atoms with van der Waals surface area (Å²) in [7, 11) is 1.63. The van der Waals surface area contributed by atoms with E-state index in [1.165, 1.54) is 0 Å². The van der Waals surface area contributed by atoms with Gasteiger partial charge in [0.2, 0.25) is 0 Å². The van der Waals surface area contributed by atoms with Gasteiger partial charge in [-0.2, -0.15) is 5.10 Å². The van der Waals surface area contributed by atoms with E-state index in [0.29, 0.717) is 26.3 Å². The summed E-state index contributed by atoms with van der Waals surface area (Å²) in [6.07, 6.45) is 0. The topological polar surface area (TPSA) is 76.8 Å². The summed E-state index contributed by atoms with van der Waals surface area (Å²) in [5.41, 5.74) is 2.84. The van der Waals surface area contributed by atoms with Crippen LogP contribution in [0.4, 0.5) is 0 Å². The van der Waals surface area contributed by atoms with Gasteiger partial charge in [0.1, 0.15) is 5.75 Å². The number of carbonyl (C=O) groups is 1. The lowest BCUT2D eigenvalue weighted by Crippen LogP contribution is -2.36. The van der Waals surface area contributed by atoms with Gasteiger partial charge < -0.3 is 14.6 Å². The maximum absolute atomic E-state index is 11.5. The highest BCUT2D eigenvalue weighted by molar-refractivity contribution is 5.87. The van der Waals surface area contributed by atoms with Gasteiger partial charge in [-0.3, -0.25) is 9.58 Å². The second-order valence-electron chi connectivity index (χ2n) is 6.12. The van der Waals surface area contributed by atoms with Crippen molar-refractivity contribution >= 4 is 5.97 Å². The minimum absolute atomic E-state index is 0.122. The van der Waals surface area contributed by atoms with Gasteiger partial charge in [-0.1, -0.05) is 12.1 Å². The van der Waals surface area contributed by atoms with E-state index in [4.69, 9.17) is 9.47 Å². The molecule has 2 heterocycles. The predicted octanol–water partition coefficient (Wildman–Crippen LogP) is 1.78. The van der Waals surface area contributed by atoms with Crippen molar-refractivity contribution in [2.24, 2.45) is 0 Å². The molecule has 1 aliphatic heterocycles. The molecule has 1 fully saturated rings. The Morgan fingerprint density at radius 2 is 1.92 bits per heavy atom. The van der Waals surface area contributed by atoms with Gasteiger partial charge in [-0.25, -0.2) is 4.79 Å². The number of hydrogen-bond donors (Lipinski definition) is 1. The largest absolute Gasteiger partial charge is 0.497 e. The van der Waals surface area contributed by atoms with Gasteiger partial charge in [-0.05, 0) is 24.6 Å². The summed E-state index contributed by atoms with van der Waals surface area (Å²) in [4.78, 5) is 13.8. The number of aromatic carboxylic acids is 1. The monoisotopic (exact) mass is 345 g/mol. The fourth-order valence-corrected chi connectivity index (χ4v) is 3.00. The molecule has 7 heteroatoms. The third-order valence-electron chi connectivity index (χ3n) is 4.49. The van der Waals surface area contributed by atoms with Crippen LogP contribution < -0.4 is 4.74 Å². The van der Waals surface area contributed by atoms with Crippen LogP contribution >= 0.6 is 0 Å². The van der Waals surface area contributed by atoms with Crippen LogP contribution in [0.2, 0.25) is 0 Å². The van der Waals surface area contributed by atoms with E-state index < -0.39 is 5.97 Å². The zero-order valence-electron chi connectivity index (χ0n) is 14.6. The maximum atomic E-state index is 11.5. The first-order chi connectivity index (χ1) is 12.1. The van der Waals surface area contributed by atoms with Crippen LogP contribution in [0.3, 0.4) is 0 Å². The third kappa shape index (κ3) is 4.00. The molecule has 0 aliphatic carbocycles. The molecule has 0 amide bonds. The number of carboxylic acid groups (broad SMARTS) is 1. The van der Waals surface area contributed by atoms with Crippen molar-refractivity contribution in [3.05, 3.63) is 46.8 Å². The first kappa shape index (κ1) is 17.4. The molecule has 0 spiro atoms. The average Bonchev–Trinajstić information content (AvgIpc) is 2.93. The molecule has 1 aliphatic rings. The highest BCUT2D eigenvalue weighted by atomic mass is 16.5. The summed E-state index contributed by atoms with van der Waals surface area (Å²) in [5, 5.41) is 13.8. The van der Waals surface area contributed by atoms with Crippen molar-refractivity contribution in [1.29, 1.82) is 0 Å². The van der Waals surface area contributed by atoms with E-state index in [2.05, 4.69) is 10.00 Å². The first-order valence-electron chi connectivity index (χ1n) is 8.31. The van der Waals surface area contributed by atoms with E-state index in [0.717, 1.165) is 35.7 Å². The Bertz CT molecular complexity index is 734. The Kier molecular flexibility index (Phi) is 5.35. The van der Waals surface area contributed by atoms with Crippen molar-refractivity contribution in [3.63, 3.8) is 0 Å². The van der Waals surface area contributed by atoms with E-state index in [1.807, 2.05) is 31.2 Å². The number of benzene rings is 1. The highest BCUT2D eigenvalue weighted by Gasteiger charge is 2.22. The Labute approximate surface area is 146 Å². The number of rotatable bonds is 6. The Balaban J connectivity index is 1.87. The number of nitrogens with zero attached hydrogens (tertiary/aromatic N) is 3. The van der Waals surface area contributed by atoms with E-state index >= 15 is 0 Å². The molecular weight excluding hydrogens is 322 g/mol. The maximum Gasteiger partial charge on any atom is 0.356 e. The number of aromatic nitrogens is 2. The molecule has 2 aromatic rings. The molecule has 1 N–H and O–H groups in total. The molecule has 0 atom stereocenters. The Hall–Kier alpha value is -2.38. The lowest BCUT2D eigenvalue weighted by Gasteiger charge is -2.27. The van der Waals surface area contributed by atoms with Gasteiger partial charge in [0.15, 0.2) is 5.69 Å². The molecule has 0 unspecified atom stereocenters. The van der Waals surface area contributed by atoms with Crippen LogP contribution in [0, 0.1) is 6.92 Å². The van der Waals surface area contributed by atoms with E-state index in [1.54, 1.807) is 11.8 Å². The third-order valence-corrected chi connectivity index (χ3v) is 4.49. The summed E-state index contributed by atoms with van der Waals surface area (Å²) in [6.45, 7) is 6.13. The lowest BCUT2D eigenvalue weighted by molar-refractivity contribution is 0.0330. The van der Waals surface area contributed by atoms with E-state index in [9.17, 15) is 9.90 Å². The lowest BCUT2D eigenvalue weighted by atomic mass is 10.1. The molecule has 0 saturated carbocycles. The minimum atomic E-state index is -0.991. The molecule has 0 bridgehead atoms. The zero-order chi connectivity index (χ0) is 17.8. The Morgan fingerprint density at radius 3 is 2.52 bits per heavy atom. The van der Waals surface area contributed by atoms with Gasteiger partial charge in [0.25, 0.3) is 0 Å². The van der Waals surface area contributed by atoms with Crippen molar-refractivity contribution in [2.45, 2.75) is 20.0 Å². The minimum Gasteiger partial charge on any atom is -0.497 e. The van der Waals surface area contributed by atoms with Crippen LogP contribution in [0.5, 0.6) is 5.75 Å². The van der Waals surface area contributed by atoms with Crippen molar-refractivity contribution in [1.82, 2.24) is 14.7 Å². The predicted molar refractivity (Wildman–Crippen MR) is 92.1 cm³/mol. The fourth-order valence-electron chi connectivity index (χ4n) is 3.00. The van der Waals surface area contributed by atoms with Crippen molar-refractivity contribution < 1.29 is 19.4 Å². The zero-order valence-corrected chi connectivity index (χ0v) is 14.6. The molecular formula is C18H23N3O4. The SMILES string of the molecule is COc1ccc(Cn2nc(C(=O)O)c(C)c2CN2CCOCC2)cc1. The summed E-state index contributed by atoms with van der Waals surface area (Å²) in [6, 6.07) is 7.72. The number of morpholine rings is 1. The Morgan fingerprint density at radius 1 is 1.24 bits per heavy atom. The highest BCUT2D eigenvalue weighted by Crippen LogP contribution is 2.19. The molecule has 134 valence electrons. The van der Waals surface area contributed by atoms with Gasteiger partial charge in [0.05, 0.1) is 32.6 Å². The number of methoxy groups -OCH3 is 1. The quantitative estimate of drug-likeness (QED) is 0.860. The van der Waals surface area contributed by atoms with Gasteiger partial charge >= 0.3 is 5.97 Å². The molecule has 25 heavy (non-hydrogen) atoms. The molecule has 1 aromatic heterocycles. The van der Waals surface area contributed by atoms with Crippen LogP contribution in [0.1, 0.15) is 27.3 Å². The van der Waals surface area contributed by atoms with Crippen LogP contribution in [0.25, 0.3) is 0 Å². The average molecular weight is 345 g/mol. The normalized spacial score (nSPS) is 15.3. The first-order valence-corrected chi connectivity index (χ1v) is 8.31. The molecule has 7 nitrogen and oxygen atoms in total. The fraction of sp³-hybridized carbons (Fsp3) is 0.444. The van der Waals surface area contributed by atoms with Crippen LogP contribution in [0.15, 0.2) is 24.3 Å². The molecule has 1 aromatic carbocycles. The van der Waals surface area contributed by atoms with Crippen LogP contribution in [-0.2, 0) is 17.8 Å². The number of hydrogen-bond acceptors (Lipinski definition) is 5. The van der Waals surface area contributed by atoms with E-state index in [-0.39, 0.29) is 5.69 Å². The van der Waals surface area contributed by atoms with Gasteiger partial charge in [-0.15, -0.1) is 0 Å². The number of ether oxygens (including phenoxy) is 2. The smallest absolute Gasteiger partial charge is 0.356 e. The molecule has 0 radical (unpaired) electrons. The summed E-state index contributed by atoms with van der Waals surface area (Å²) < 4.78 is 12.4. The summed E-state index contributed by atoms with van der Waals surface area (Å²) >= 11 is 0. The van der Waals surface area contributed by atoms with Crippen molar-refractivity contribution in [3.8, 4) is 5.75 Å².